The summed E-state index contributed by atoms with van der Waals surface area (Å²) in [5.41, 5.74) is 0.902. The Morgan fingerprint density at radius 3 is 2.36 bits per heavy atom. The van der Waals surface area contributed by atoms with Crippen molar-refractivity contribution >= 4 is 27.5 Å². The molecule has 2 aromatic rings. The largest absolute Gasteiger partial charge is 0.390 e. The molecule has 1 aromatic carbocycles. The third kappa shape index (κ3) is 6.14. The Morgan fingerprint density at radius 2 is 1.79 bits per heavy atom. The van der Waals surface area contributed by atoms with Gasteiger partial charge in [0.2, 0.25) is 5.91 Å². The van der Waals surface area contributed by atoms with Crippen LogP contribution < -0.4 is 10.0 Å². The van der Waals surface area contributed by atoms with Gasteiger partial charge in [0, 0.05) is 18.3 Å². The summed E-state index contributed by atoms with van der Waals surface area (Å²) in [4.78, 5) is 27.7. The lowest BCUT2D eigenvalue weighted by Gasteiger charge is -2.09. The number of carbonyl (C=O) groups is 2. The standard InChI is InChI=1S/C19H23N3O5S/c1-2-3-4-5-18(24)21-15-8-10-17(11-9-15)28(26,27)22-19(25)14-6-7-16(13-23)20-12-14/h6-12,23H,2-5,13H2,1H3,(H,21,24)(H,22,25). The van der Waals surface area contributed by atoms with Crippen LogP contribution in [0.25, 0.3) is 0 Å². The van der Waals surface area contributed by atoms with Gasteiger partial charge in [-0.1, -0.05) is 19.8 Å². The number of aliphatic hydroxyl groups excluding tert-OH is 1. The number of aliphatic hydroxyl groups is 1. The SMILES string of the molecule is CCCCCC(=O)Nc1ccc(S(=O)(=O)NC(=O)c2ccc(CO)nc2)cc1. The van der Waals surface area contributed by atoms with Gasteiger partial charge in [0.05, 0.1) is 22.8 Å². The molecule has 8 nitrogen and oxygen atoms in total. The normalized spacial score (nSPS) is 11.1. The van der Waals surface area contributed by atoms with Crippen LogP contribution in [0.15, 0.2) is 47.5 Å². The van der Waals surface area contributed by atoms with Crippen LogP contribution in [0, 0.1) is 0 Å². The number of benzene rings is 1. The molecule has 0 aliphatic rings. The second kappa shape index (κ2) is 9.95. The van der Waals surface area contributed by atoms with Crippen molar-refractivity contribution in [1.29, 1.82) is 0 Å². The van der Waals surface area contributed by atoms with Gasteiger partial charge in [-0.05, 0) is 42.8 Å². The molecule has 0 saturated carbocycles. The zero-order valence-electron chi connectivity index (χ0n) is 15.5. The number of hydrogen-bond donors (Lipinski definition) is 3. The van der Waals surface area contributed by atoms with Crippen LogP contribution in [-0.4, -0.2) is 30.3 Å². The van der Waals surface area contributed by atoms with E-state index in [1.165, 1.54) is 42.6 Å². The minimum absolute atomic E-state index is 0.0525. The fourth-order valence-electron chi connectivity index (χ4n) is 2.37. The van der Waals surface area contributed by atoms with Gasteiger partial charge in [-0.2, -0.15) is 0 Å². The summed E-state index contributed by atoms with van der Waals surface area (Å²) in [7, 11) is -4.08. The monoisotopic (exact) mass is 405 g/mol. The van der Waals surface area contributed by atoms with E-state index < -0.39 is 15.9 Å². The van der Waals surface area contributed by atoms with E-state index >= 15 is 0 Å². The minimum Gasteiger partial charge on any atom is -0.390 e. The van der Waals surface area contributed by atoms with Crippen LogP contribution in [0.5, 0.6) is 0 Å². The van der Waals surface area contributed by atoms with Crippen molar-refractivity contribution in [3.05, 3.63) is 53.9 Å². The van der Waals surface area contributed by atoms with E-state index in [4.69, 9.17) is 5.11 Å². The molecule has 0 aliphatic heterocycles. The Bertz CT molecular complexity index is 910. The Hall–Kier alpha value is -2.78. The number of hydrogen-bond acceptors (Lipinski definition) is 6. The van der Waals surface area contributed by atoms with Gasteiger partial charge in [0.15, 0.2) is 0 Å². The zero-order chi connectivity index (χ0) is 20.6. The minimum atomic E-state index is -4.08. The molecular formula is C19H23N3O5S. The van der Waals surface area contributed by atoms with Crippen molar-refractivity contribution in [2.45, 2.75) is 44.1 Å². The van der Waals surface area contributed by atoms with Gasteiger partial charge in [-0.3, -0.25) is 14.6 Å². The number of aromatic nitrogens is 1. The first-order valence-corrected chi connectivity index (χ1v) is 10.4. The van der Waals surface area contributed by atoms with Gasteiger partial charge >= 0.3 is 0 Å². The molecule has 0 spiro atoms. The van der Waals surface area contributed by atoms with Crippen LogP contribution in [-0.2, 0) is 21.4 Å². The van der Waals surface area contributed by atoms with Gasteiger partial charge in [-0.15, -0.1) is 0 Å². The molecule has 0 bridgehead atoms. The van der Waals surface area contributed by atoms with Gasteiger partial charge < -0.3 is 10.4 Å². The molecule has 3 N–H and O–H groups in total. The number of carbonyl (C=O) groups excluding carboxylic acids is 2. The molecular weight excluding hydrogens is 382 g/mol. The summed E-state index contributed by atoms with van der Waals surface area (Å²) < 4.78 is 26.7. The molecule has 0 fully saturated rings. The number of nitrogens with one attached hydrogen (secondary N) is 2. The lowest BCUT2D eigenvalue weighted by molar-refractivity contribution is -0.116. The smallest absolute Gasteiger partial charge is 0.266 e. The second-order valence-corrected chi connectivity index (χ2v) is 7.84. The fraction of sp³-hybridized carbons (Fsp3) is 0.316. The van der Waals surface area contributed by atoms with Gasteiger partial charge in [0.25, 0.3) is 15.9 Å². The van der Waals surface area contributed by atoms with Crippen LogP contribution in [0.2, 0.25) is 0 Å². The Kier molecular flexibility index (Phi) is 7.65. The van der Waals surface area contributed by atoms with E-state index in [1.54, 1.807) is 0 Å². The summed E-state index contributed by atoms with van der Waals surface area (Å²) >= 11 is 0. The first-order chi connectivity index (χ1) is 13.4. The third-order valence-corrected chi connectivity index (χ3v) is 5.28. The first-order valence-electron chi connectivity index (χ1n) is 8.88. The molecule has 0 atom stereocenters. The van der Waals surface area contributed by atoms with Crippen LogP contribution >= 0.6 is 0 Å². The summed E-state index contributed by atoms with van der Waals surface area (Å²) in [6.07, 6.45) is 4.39. The Morgan fingerprint density at radius 1 is 1.07 bits per heavy atom. The zero-order valence-corrected chi connectivity index (χ0v) is 16.3. The van der Waals surface area contributed by atoms with Crippen molar-refractivity contribution in [1.82, 2.24) is 9.71 Å². The average Bonchev–Trinajstić information content (AvgIpc) is 2.68. The van der Waals surface area contributed by atoms with Crippen LogP contribution in [0.3, 0.4) is 0 Å². The highest BCUT2D eigenvalue weighted by molar-refractivity contribution is 7.90. The number of rotatable bonds is 9. The fourth-order valence-corrected chi connectivity index (χ4v) is 3.34. The first kappa shape index (κ1) is 21.5. The van der Waals surface area contributed by atoms with Crippen molar-refractivity contribution in [3.63, 3.8) is 0 Å². The highest BCUT2D eigenvalue weighted by Crippen LogP contribution is 2.15. The molecule has 0 radical (unpaired) electrons. The summed E-state index contributed by atoms with van der Waals surface area (Å²) in [6, 6.07) is 8.36. The summed E-state index contributed by atoms with van der Waals surface area (Å²) in [5.74, 6) is -0.957. The lowest BCUT2D eigenvalue weighted by atomic mass is 10.2. The van der Waals surface area contributed by atoms with Crippen molar-refractivity contribution in [2.24, 2.45) is 0 Å². The van der Waals surface area contributed by atoms with E-state index in [1.807, 2.05) is 4.72 Å². The molecule has 0 saturated heterocycles. The van der Waals surface area contributed by atoms with E-state index in [9.17, 15) is 18.0 Å². The number of nitrogens with zero attached hydrogens (tertiary/aromatic N) is 1. The average molecular weight is 405 g/mol. The highest BCUT2D eigenvalue weighted by Gasteiger charge is 2.19. The predicted molar refractivity (Wildman–Crippen MR) is 104 cm³/mol. The maximum Gasteiger partial charge on any atom is 0.266 e. The van der Waals surface area contributed by atoms with Crippen molar-refractivity contribution < 1.29 is 23.1 Å². The molecule has 28 heavy (non-hydrogen) atoms. The van der Waals surface area contributed by atoms with E-state index in [0.717, 1.165) is 19.3 Å². The van der Waals surface area contributed by atoms with Crippen LogP contribution in [0.4, 0.5) is 5.69 Å². The van der Waals surface area contributed by atoms with Crippen LogP contribution in [0.1, 0.15) is 48.7 Å². The van der Waals surface area contributed by atoms with Gasteiger partial charge in [-0.25, -0.2) is 13.1 Å². The highest BCUT2D eigenvalue weighted by atomic mass is 32.2. The Labute approximate surface area is 164 Å². The quantitative estimate of drug-likeness (QED) is 0.549. The maximum absolute atomic E-state index is 12.4. The number of unbranched alkanes of at least 4 members (excludes halogenated alkanes) is 2. The molecule has 2 amide bonds. The Balaban J connectivity index is 2.00. The van der Waals surface area contributed by atoms with E-state index in [0.29, 0.717) is 17.8 Å². The molecule has 9 heteroatoms. The molecule has 0 unspecified atom stereocenters. The predicted octanol–water partition coefficient (Wildman–Crippen LogP) is 2.21. The second-order valence-electron chi connectivity index (χ2n) is 6.16. The maximum atomic E-state index is 12.4. The number of pyridine rings is 1. The third-order valence-electron chi connectivity index (χ3n) is 3.93. The molecule has 0 aliphatic carbocycles. The molecule has 1 aromatic heterocycles. The van der Waals surface area contributed by atoms with Crippen molar-refractivity contribution in [3.8, 4) is 0 Å². The molecule has 2 rings (SSSR count). The number of sulfonamides is 1. The van der Waals surface area contributed by atoms with E-state index in [-0.39, 0.29) is 23.0 Å². The topological polar surface area (TPSA) is 125 Å². The summed E-state index contributed by atoms with van der Waals surface area (Å²) in [6.45, 7) is 1.78. The molecule has 1 heterocycles. The van der Waals surface area contributed by atoms with E-state index in [2.05, 4.69) is 17.2 Å². The van der Waals surface area contributed by atoms with Crippen molar-refractivity contribution in [2.75, 3.05) is 5.32 Å². The molecule has 150 valence electrons. The van der Waals surface area contributed by atoms with Gasteiger partial charge in [0.1, 0.15) is 0 Å². The number of anilines is 1. The summed E-state index contributed by atoms with van der Waals surface area (Å²) in [5, 5.41) is 11.7. The lowest BCUT2D eigenvalue weighted by Crippen LogP contribution is -2.30. The number of amides is 2.